The molecule has 11 aromatic rings. The minimum atomic E-state index is -0.124. The van der Waals surface area contributed by atoms with Crippen LogP contribution in [0.5, 0.6) is 0 Å². The van der Waals surface area contributed by atoms with Crippen LogP contribution in [0.25, 0.3) is 38.3 Å². The van der Waals surface area contributed by atoms with Crippen molar-refractivity contribution in [3.63, 3.8) is 0 Å². The van der Waals surface area contributed by atoms with Gasteiger partial charge < -0.3 is 23.7 Å². The van der Waals surface area contributed by atoms with Crippen molar-refractivity contribution >= 4 is 107 Å². The maximum atomic E-state index is 6.03. The molecule has 4 heterocycles. The molecule has 0 unspecified atom stereocenters. The first kappa shape index (κ1) is 49.4. The molecule has 0 saturated heterocycles. The molecule has 0 saturated carbocycles. The van der Waals surface area contributed by atoms with Crippen LogP contribution in [0.1, 0.15) is 105 Å². The van der Waals surface area contributed by atoms with E-state index in [1.165, 1.54) is 60.4 Å². The Labute approximate surface area is 461 Å². The number of rotatable bonds is 6. The van der Waals surface area contributed by atoms with E-state index in [0.717, 1.165) is 67.6 Å². The lowest BCUT2D eigenvalue weighted by molar-refractivity contribution is 0.572. The number of furan rings is 1. The van der Waals surface area contributed by atoms with Crippen molar-refractivity contribution in [2.24, 2.45) is 0 Å². The number of para-hydroxylation sites is 2. The Morgan fingerprint density at radius 1 is 0.359 bits per heavy atom. The summed E-state index contributed by atoms with van der Waals surface area (Å²) in [5, 5.41) is 4.63. The highest BCUT2D eigenvalue weighted by Gasteiger charge is 2.45. The van der Waals surface area contributed by atoms with E-state index in [9.17, 15) is 0 Å². The summed E-state index contributed by atoms with van der Waals surface area (Å²) < 4.78 is 8.52. The summed E-state index contributed by atoms with van der Waals surface area (Å²) in [6, 6.07) is 71.8. The van der Waals surface area contributed by atoms with E-state index < -0.39 is 0 Å². The molecule has 9 aromatic carbocycles. The van der Waals surface area contributed by atoms with Crippen LogP contribution in [0.4, 0.5) is 51.2 Å². The van der Waals surface area contributed by atoms with Gasteiger partial charge in [-0.15, -0.1) is 0 Å². The van der Waals surface area contributed by atoms with Crippen LogP contribution in [0.15, 0.2) is 205 Å². The fourth-order valence-corrected chi connectivity index (χ4v) is 12.3. The third kappa shape index (κ3) is 8.13. The number of hydrogen-bond acceptors (Lipinski definition) is 4. The molecule has 386 valence electrons. The molecule has 13 rings (SSSR count). The molecular formula is C72H69BN4O. The molecule has 0 bridgehead atoms. The topological polar surface area (TPSA) is 27.8 Å². The first-order chi connectivity index (χ1) is 37.2. The van der Waals surface area contributed by atoms with E-state index in [1.807, 2.05) is 12.5 Å². The molecule has 0 atom stereocenters. The Hall–Kier alpha value is -8.22. The number of nitrogens with zero attached hydrogens (tertiary/aromatic N) is 4. The van der Waals surface area contributed by atoms with Crippen molar-refractivity contribution in [3.8, 4) is 5.69 Å². The minimum absolute atomic E-state index is 0.00502. The van der Waals surface area contributed by atoms with Gasteiger partial charge in [-0.1, -0.05) is 180 Å². The van der Waals surface area contributed by atoms with Gasteiger partial charge in [0.1, 0.15) is 0 Å². The van der Waals surface area contributed by atoms with Crippen LogP contribution < -0.4 is 31.1 Å². The SMILES string of the molecule is CC(C)(C)c1ccc(N(c2ccc(C(C)(C)C)cc2)c2ccc3c(c2)N(c2ccc(C(C)(C)C)cc2)c2cc(-n4c5ccccc5c5ccccc54)cc4c2B3c2cc3cocc3cc2N4c2ccc(C(C)(C)C)cc2)cc1. The van der Waals surface area contributed by atoms with Crippen LogP contribution in [-0.2, 0) is 21.7 Å². The monoisotopic (exact) mass is 1020 g/mol. The van der Waals surface area contributed by atoms with Gasteiger partial charge >= 0.3 is 0 Å². The highest BCUT2D eigenvalue weighted by molar-refractivity contribution is 7.00. The van der Waals surface area contributed by atoms with Gasteiger partial charge in [-0.25, -0.2) is 0 Å². The van der Waals surface area contributed by atoms with Crippen LogP contribution in [0.3, 0.4) is 0 Å². The van der Waals surface area contributed by atoms with Crippen molar-refractivity contribution in [1.29, 1.82) is 0 Å². The van der Waals surface area contributed by atoms with E-state index >= 15 is 0 Å². The normalized spacial score (nSPS) is 13.6. The van der Waals surface area contributed by atoms with Crippen molar-refractivity contribution in [2.45, 2.75) is 105 Å². The van der Waals surface area contributed by atoms with Gasteiger partial charge in [0.15, 0.2) is 0 Å². The highest BCUT2D eigenvalue weighted by atomic mass is 16.3. The van der Waals surface area contributed by atoms with Crippen LogP contribution in [0, 0.1) is 0 Å². The van der Waals surface area contributed by atoms with Gasteiger partial charge in [0, 0.05) is 72.7 Å². The molecule has 2 aromatic heterocycles. The van der Waals surface area contributed by atoms with Crippen LogP contribution in [0.2, 0.25) is 0 Å². The maximum Gasteiger partial charge on any atom is 0.252 e. The predicted octanol–water partition coefficient (Wildman–Crippen LogP) is 18.3. The number of benzene rings is 9. The number of hydrogen-bond donors (Lipinski definition) is 0. The van der Waals surface area contributed by atoms with Crippen molar-refractivity contribution in [2.75, 3.05) is 14.7 Å². The smallest absolute Gasteiger partial charge is 0.252 e. The second-order valence-corrected chi connectivity index (χ2v) is 26.0. The molecule has 2 aliphatic rings. The molecule has 0 amide bonds. The molecule has 0 aliphatic carbocycles. The van der Waals surface area contributed by atoms with Crippen LogP contribution in [-0.4, -0.2) is 11.3 Å². The number of anilines is 9. The second kappa shape index (κ2) is 17.7. The zero-order valence-electron chi connectivity index (χ0n) is 47.3. The lowest BCUT2D eigenvalue weighted by Gasteiger charge is -2.45. The average molecular weight is 1020 g/mol. The van der Waals surface area contributed by atoms with Gasteiger partial charge in [0.05, 0.1) is 29.2 Å². The summed E-state index contributed by atoms with van der Waals surface area (Å²) in [5.41, 5.74) is 22.5. The van der Waals surface area contributed by atoms with Gasteiger partial charge in [-0.05, 0) is 151 Å². The third-order valence-electron chi connectivity index (χ3n) is 16.7. The van der Waals surface area contributed by atoms with Crippen molar-refractivity contribution in [1.82, 2.24) is 4.57 Å². The molecular weight excluding hydrogens is 948 g/mol. The van der Waals surface area contributed by atoms with Crippen molar-refractivity contribution < 1.29 is 4.42 Å². The summed E-state index contributed by atoms with van der Waals surface area (Å²) in [4.78, 5) is 7.55. The number of fused-ring (bicyclic) bond motifs is 8. The largest absolute Gasteiger partial charge is 0.471 e. The third-order valence-corrected chi connectivity index (χ3v) is 16.7. The summed E-state index contributed by atoms with van der Waals surface area (Å²) in [6.07, 6.45) is 3.80. The summed E-state index contributed by atoms with van der Waals surface area (Å²) in [6.45, 7) is 27.4. The quantitative estimate of drug-likeness (QED) is 0.155. The first-order valence-electron chi connectivity index (χ1n) is 27.8. The average Bonchev–Trinajstić information content (AvgIpc) is 3.75. The zero-order valence-corrected chi connectivity index (χ0v) is 47.3. The standard InChI is InChI=1S/C72H69BN4O/c1-69(2,3)48-21-29-52(30-22-48)74(53-31-23-49(24-32-53)70(4,5)6)56-37-38-60-65(41-56)76(55-35-27-51(28-36-55)72(10,11)12)67-43-57(77-62-19-15-13-17-58(62)59-18-14-16-20-63(59)77)42-66-68(67)73(60)61-39-46-44-78-45-47(46)40-64(61)75(66)54-33-25-50(26-34-54)71(7,8)9/h13-45H,1-12H3. The fraction of sp³-hybridized carbons (Fsp3) is 0.222. The second-order valence-electron chi connectivity index (χ2n) is 26.0. The molecule has 0 fully saturated rings. The maximum absolute atomic E-state index is 6.03. The first-order valence-corrected chi connectivity index (χ1v) is 27.8. The summed E-state index contributed by atoms with van der Waals surface area (Å²) >= 11 is 0. The van der Waals surface area contributed by atoms with Gasteiger partial charge in [-0.3, -0.25) is 0 Å². The molecule has 78 heavy (non-hydrogen) atoms. The molecule has 0 spiro atoms. The lowest BCUT2D eigenvalue weighted by Crippen LogP contribution is -2.61. The highest BCUT2D eigenvalue weighted by Crippen LogP contribution is 2.49. The summed E-state index contributed by atoms with van der Waals surface area (Å²) in [5.74, 6) is 0. The Bertz CT molecular complexity index is 4010. The van der Waals surface area contributed by atoms with E-state index in [2.05, 4.69) is 290 Å². The minimum Gasteiger partial charge on any atom is -0.471 e. The number of aromatic nitrogens is 1. The van der Waals surface area contributed by atoms with E-state index in [1.54, 1.807) is 0 Å². The van der Waals surface area contributed by atoms with Crippen molar-refractivity contribution in [3.05, 3.63) is 223 Å². The molecule has 5 nitrogen and oxygen atoms in total. The van der Waals surface area contributed by atoms with E-state index in [0.29, 0.717) is 0 Å². The van der Waals surface area contributed by atoms with Gasteiger partial charge in [0.2, 0.25) is 0 Å². The van der Waals surface area contributed by atoms with E-state index in [4.69, 9.17) is 4.42 Å². The van der Waals surface area contributed by atoms with Gasteiger partial charge in [-0.2, -0.15) is 0 Å². The summed E-state index contributed by atoms with van der Waals surface area (Å²) in [7, 11) is 0. The molecule has 0 N–H and O–H groups in total. The van der Waals surface area contributed by atoms with Gasteiger partial charge in [0.25, 0.3) is 6.71 Å². The molecule has 6 heteroatoms. The Balaban J connectivity index is 1.13. The Morgan fingerprint density at radius 3 is 1.21 bits per heavy atom. The Morgan fingerprint density at radius 2 is 0.756 bits per heavy atom. The molecule has 0 radical (unpaired) electrons. The lowest BCUT2D eigenvalue weighted by atomic mass is 9.33. The van der Waals surface area contributed by atoms with E-state index in [-0.39, 0.29) is 28.4 Å². The predicted molar refractivity (Wildman–Crippen MR) is 334 cm³/mol. The zero-order chi connectivity index (χ0) is 54.2. The molecule has 2 aliphatic heterocycles. The van der Waals surface area contributed by atoms with Crippen LogP contribution >= 0.6 is 0 Å². The fourth-order valence-electron chi connectivity index (χ4n) is 12.3. The Kier molecular flexibility index (Phi) is 11.2.